The number of rotatable bonds is 2. The van der Waals surface area contributed by atoms with Crippen LogP contribution >= 0.6 is 38.4 Å². The predicted molar refractivity (Wildman–Crippen MR) is 63.0 cm³/mol. The van der Waals surface area contributed by atoms with Gasteiger partial charge in [-0.2, -0.15) is 0 Å². The SMILES string of the molecule is COc1ccc(P(C)(Cl)(Cl)Cl)cc1. The van der Waals surface area contributed by atoms with Gasteiger partial charge in [-0.25, -0.2) is 0 Å². The Balaban J connectivity index is 3.07. The summed E-state index contributed by atoms with van der Waals surface area (Å²) in [5.41, 5.74) is 0. The molecule has 0 heterocycles. The van der Waals surface area contributed by atoms with Crippen LogP contribution in [0, 0.1) is 0 Å². The number of hydrogen-bond acceptors (Lipinski definition) is 1. The first-order valence-corrected chi connectivity index (χ1v) is 9.01. The van der Waals surface area contributed by atoms with Crippen molar-refractivity contribution < 1.29 is 4.74 Å². The third-order valence-electron chi connectivity index (χ3n) is 1.62. The number of halogens is 3. The van der Waals surface area contributed by atoms with Crippen LogP contribution in [0.5, 0.6) is 5.75 Å². The number of hydrogen-bond donors (Lipinski definition) is 0. The van der Waals surface area contributed by atoms with Gasteiger partial charge in [-0.1, -0.05) is 0 Å². The van der Waals surface area contributed by atoms with Gasteiger partial charge in [0.05, 0.1) is 0 Å². The molecule has 0 bridgehead atoms. The summed E-state index contributed by atoms with van der Waals surface area (Å²) in [5.74, 6) is 0.758. The minimum absolute atomic E-state index is 0.747. The molecule has 0 spiro atoms. The van der Waals surface area contributed by atoms with Crippen LogP contribution in [0.1, 0.15) is 0 Å². The normalized spacial score (nSPS) is 14.7. The first kappa shape index (κ1) is 11.4. The molecule has 0 saturated heterocycles. The average Bonchev–Trinajstić information content (AvgIpc) is 2.02. The van der Waals surface area contributed by atoms with Gasteiger partial charge in [0, 0.05) is 0 Å². The molecule has 13 heavy (non-hydrogen) atoms. The van der Waals surface area contributed by atoms with Gasteiger partial charge >= 0.3 is 92.2 Å². The van der Waals surface area contributed by atoms with E-state index in [0.717, 1.165) is 11.1 Å². The second kappa shape index (κ2) is 3.47. The van der Waals surface area contributed by atoms with Crippen LogP contribution in [0.2, 0.25) is 0 Å². The van der Waals surface area contributed by atoms with E-state index in [1.54, 1.807) is 38.0 Å². The molecular weight excluding hydrogens is 249 g/mol. The van der Waals surface area contributed by atoms with Crippen LogP contribution in [-0.4, -0.2) is 13.8 Å². The van der Waals surface area contributed by atoms with E-state index < -0.39 is 4.66 Å². The number of ether oxygens (including phenoxy) is 1. The summed E-state index contributed by atoms with van der Waals surface area (Å²) in [5, 5.41) is 0.747. The van der Waals surface area contributed by atoms with Gasteiger partial charge in [-0.05, 0) is 0 Å². The molecule has 5 heteroatoms. The maximum atomic E-state index is 6.03. The van der Waals surface area contributed by atoms with E-state index in [1.165, 1.54) is 0 Å². The summed E-state index contributed by atoms with van der Waals surface area (Å²) < 4.78 is 1.83. The van der Waals surface area contributed by atoms with Gasteiger partial charge in [0.1, 0.15) is 0 Å². The summed E-state index contributed by atoms with van der Waals surface area (Å²) in [6.45, 7) is 1.65. The van der Waals surface area contributed by atoms with Crippen molar-refractivity contribution in [2.24, 2.45) is 0 Å². The molecule has 0 amide bonds. The third-order valence-corrected chi connectivity index (χ3v) is 4.78. The van der Waals surface area contributed by atoms with Gasteiger partial charge in [0.15, 0.2) is 0 Å². The summed E-state index contributed by atoms with van der Waals surface area (Å²) in [6.07, 6.45) is 0. The Morgan fingerprint density at radius 2 is 1.54 bits per heavy atom. The Morgan fingerprint density at radius 1 is 1.08 bits per heavy atom. The topological polar surface area (TPSA) is 9.23 Å². The predicted octanol–water partition coefficient (Wildman–Crippen LogP) is 3.97. The standard InChI is InChI=1S/C8H10Cl3OP/c1-12-7-3-5-8(6-4-7)13(2,9,10)11/h3-6H,1-2H3. The molecule has 0 aromatic heterocycles. The van der Waals surface area contributed by atoms with Crippen LogP contribution in [0.4, 0.5) is 0 Å². The minimum atomic E-state index is -3.17. The van der Waals surface area contributed by atoms with Gasteiger partial charge in [0.2, 0.25) is 0 Å². The van der Waals surface area contributed by atoms with E-state index in [1.807, 2.05) is 0 Å². The molecule has 0 aliphatic heterocycles. The zero-order valence-electron chi connectivity index (χ0n) is 7.30. The van der Waals surface area contributed by atoms with Crippen molar-refractivity contribution >= 4 is 43.7 Å². The molecule has 0 radical (unpaired) electrons. The van der Waals surface area contributed by atoms with Gasteiger partial charge in [-0.3, -0.25) is 0 Å². The van der Waals surface area contributed by atoms with Crippen molar-refractivity contribution in [2.75, 3.05) is 13.8 Å². The summed E-state index contributed by atoms with van der Waals surface area (Å²) >= 11 is 18.1. The van der Waals surface area contributed by atoms with Crippen molar-refractivity contribution in [3.05, 3.63) is 24.3 Å². The zero-order valence-corrected chi connectivity index (χ0v) is 10.5. The van der Waals surface area contributed by atoms with E-state index in [4.69, 9.17) is 38.5 Å². The van der Waals surface area contributed by atoms with Crippen LogP contribution in [0.25, 0.3) is 0 Å². The molecule has 0 atom stereocenters. The fourth-order valence-electron chi connectivity index (χ4n) is 0.900. The number of benzene rings is 1. The van der Waals surface area contributed by atoms with Gasteiger partial charge in [-0.15, -0.1) is 0 Å². The third kappa shape index (κ3) is 3.18. The molecule has 74 valence electrons. The first-order chi connectivity index (χ1) is 5.80. The van der Waals surface area contributed by atoms with E-state index >= 15 is 0 Å². The number of methoxy groups -OCH3 is 1. The molecule has 1 aromatic rings. The molecule has 0 fully saturated rings. The Kier molecular flexibility index (Phi) is 3.04. The Morgan fingerprint density at radius 3 is 1.85 bits per heavy atom. The molecule has 0 saturated carbocycles. The van der Waals surface area contributed by atoms with Crippen molar-refractivity contribution in [3.8, 4) is 5.75 Å². The first-order valence-electron chi connectivity index (χ1n) is 3.61. The molecule has 0 N–H and O–H groups in total. The molecule has 1 rings (SSSR count). The Bertz CT molecular complexity index is 292. The van der Waals surface area contributed by atoms with Crippen LogP contribution in [0.15, 0.2) is 24.3 Å². The summed E-state index contributed by atoms with van der Waals surface area (Å²) in [6, 6.07) is 7.13. The maximum absolute atomic E-state index is 6.03. The van der Waals surface area contributed by atoms with Crippen LogP contribution < -0.4 is 10.0 Å². The summed E-state index contributed by atoms with van der Waals surface area (Å²) in [7, 11) is 1.60. The van der Waals surface area contributed by atoms with Crippen molar-refractivity contribution in [3.63, 3.8) is 0 Å². The van der Waals surface area contributed by atoms with Crippen LogP contribution in [-0.2, 0) is 0 Å². The molecule has 0 aliphatic rings. The van der Waals surface area contributed by atoms with Crippen molar-refractivity contribution in [1.29, 1.82) is 0 Å². The second-order valence-electron chi connectivity index (χ2n) is 2.87. The molecule has 1 nitrogen and oxygen atoms in total. The van der Waals surface area contributed by atoms with E-state index in [2.05, 4.69) is 0 Å². The molecular formula is C8H10Cl3OP. The van der Waals surface area contributed by atoms with Gasteiger partial charge < -0.3 is 0 Å². The zero-order chi connectivity index (χ0) is 10.1. The van der Waals surface area contributed by atoms with Crippen molar-refractivity contribution in [1.82, 2.24) is 0 Å². The van der Waals surface area contributed by atoms with E-state index in [9.17, 15) is 0 Å². The fourth-order valence-corrected chi connectivity index (χ4v) is 2.70. The van der Waals surface area contributed by atoms with E-state index in [0.29, 0.717) is 0 Å². The van der Waals surface area contributed by atoms with Crippen LogP contribution in [0.3, 0.4) is 0 Å². The molecule has 0 aliphatic carbocycles. The monoisotopic (exact) mass is 258 g/mol. The van der Waals surface area contributed by atoms with Gasteiger partial charge in [0.25, 0.3) is 0 Å². The summed E-state index contributed by atoms with van der Waals surface area (Å²) in [4.78, 5) is 0. The molecule has 1 aromatic carbocycles. The van der Waals surface area contributed by atoms with E-state index in [-0.39, 0.29) is 0 Å². The average molecular weight is 260 g/mol. The van der Waals surface area contributed by atoms with Crippen molar-refractivity contribution in [2.45, 2.75) is 0 Å². The molecule has 0 unspecified atom stereocenters. The Labute approximate surface area is 92.2 Å². The fraction of sp³-hybridized carbons (Fsp3) is 0.250. The Hall–Kier alpha value is 0.320. The second-order valence-corrected chi connectivity index (χ2v) is 14.9. The quantitative estimate of drug-likeness (QED) is 0.730.